The molecule has 1 saturated heterocycles. The molecule has 5 heteroatoms. The van der Waals surface area contributed by atoms with E-state index in [-0.39, 0.29) is 30.7 Å². The molecule has 1 aliphatic rings. The molecule has 0 amide bonds. The molecule has 128 valence electrons. The Hall–Kier alpha value is -1.11. The molecule has 0 atom stereocenters. The summed E-state index contributed by atoms with van der Waals surface area (Å²) < 4.78 is 12.2. The second kappa shape index (κ2) is 11.4. The number of nitrogens with zero attached hydrogens (tertiary/aromatic N) is 2. The predicted octanol–water partition coefficient (Wildman–Crippen LogP) is 4.11. The maximum atomic E-state index is 12.2. The van der Waals surface area contributed by atoms with Crippen molar-refractivity contribution in [2.45, 2.75) is 26.2 Å². The van der Waals surface area contributed by atoms with Gasteiger partial charge in [0, 0.05) is 26.2 Å². The number of guanidine groups is 1. The van der Waals surface area contributed by atoms with Crippen molar-refractivity contribution in [3.8, 4) is 0 Å². The van der Waals surface area contributed by atoms with E-state index in [0.717, 1.165) is 38.4 Å². The predicted molar refractivity (Wildman–Crippen MR) is 107 cm³/mol. The highest BCUT2D eigenvalue weighted by Crippen LogP contribution is 2.19. The summed E-state index contributed by atoms with van der Waals surface area (Å²) in [6, 6.07) is 10.5. The number of aliphatic imine (C=N–C) groups is 1. The van der Waals surface area contributed by atoms with Crippen LogP contribution in [-0.2, 0) is 0 Å². The molecule has 3 nitrogen and oxygen atoms in total. The number of rotatable bonds is 5. The van der Waals surface area contributed by atoms with Gasteiger partial charge in [-0.15, -0.1) is 24.0 Å². The molecule has 0 unspecified atom stereocenters. The summed E-state index contributed by atoms with van der Waals surface area (Å²) in [4.78, 5) is 6.79. The standard InChI is InChI=1S/C18H26FN3.HI/c1-2-20-18(21-12-6-11-19)22-13-9-17(10-14-22)15-16-7-4-3-5-8-16;/h3-5,7-8,15H,2,6,9-14H2,1H3,(H,20,21);1H. The first-order valence-corrected chi connectivity index (χ1v) is 8.17. The Kier molecular flexibility index (Phi) is 9.91. The Bertz CT molecular complexity index is 492. The summed E-state index contributed by atoms with van der Waals surface area (Å²) >= 11 is 0. The molecular formula is C18H27FIN3. The lowest BCUT2D eigenvalue weighted by Crippen LogP contribution is -2.44. The Morgan fingerprint density at radius 3 is 2.57 bits per heavy atom. The van der Waals surface area contributed by atoms with E-state index >= 15 is 0 Å². The van der Waals surface area contributed by atoms with Crippen molar-refractivity contribution >= 4 is 36.0 Å². The molecule has 23 heavy (non-hydrogen) atoms. The van der Waals surface area contributed by atoms with E-state index in [1.807, 2.05) is 6.07 Å². The van der Waals surface area contributed by atoms with Gasteiger partial charge in [-0.2, -0.15) is 0 Å². The van der Waals surface area contributed by atoms with Gasteiger partial charge in [0.25, 0.3) is 0 Å². The number of likely N-dealkylation sites (tertiary alicyclic amines) is 1. The molecule has 0 aromatic heterocycles. The van der Waals surface area contributed by atoms with Crippen molar-refractivity contribution in [3.05, 3.63) is 41.5 Å². The minimum atomic E-state index is -0.299. The average molecular weight is 431 g/mol. The van der Waals surface area contributed by atoms with Gasteiger partial charge in [-0.05, 0) is 31.7 Å². The zero-order valence-electron chi connectivity index (χ0n) is 13.8. The van der Waals surface area contributed by atoms with Gasteiger partial charge in [-0.3, -0.25) is 9.38 Å². The second-order valence-corrected chi connectivity index (χ2v) is 5.48. The lowest BCUT2D eigenvalue weighted by Gasteiger charge is -2.31. The zero-order chi connectivity index (χ0) is 15.6. The first-order valence-electron chi connectivity index (χ1n) is 8.17. The first kappa shape index (κ1) is 19.9. The van der Waals surface area contributed by atoms with Crippen LogP contribution in [0.3, 0.4) is 0 Å². The fraction of sp³-hybridized carbons (Fsp3) is 0.500. The van der Waals surface area contributed by atoms with E-state index in [9.17, 15) is 4.39 Å². The van der Waals surface area contributed by atoms with Crippen molar-refractivity contribution < 1.29 is 4.39 Å². The number of nitrogens with one attached hydrogen (secondary N) is 1. The third-order valence-corrected chi connectivity index (χ3v) is 3.76. The van der Waals surface area contributed by atoms with Crippen LogP contribution in [0.4, 0.5) is 4.39 Å². The zero-order valence-corrected chi connectivity index (χ0v) is 16.1. The van der Waals surface area contributed by atoms with Crippen LogP contribution in [0.1, 0.15) is 31.7 Å². The summed E-state index contributed by atoms with van der Waals surface area (Å²) in [5.41, 5.74) is 2.76. The van der Waals surface area contributed by atoms with Crippen LogP contribution in [0.5, 0.6) is 0 Å². The minimum Gasteiger partial charge on any atom is -0.357 e. The summed E-state index contributed by atoms with van der Waals surface area (Å²) in [5, 5.41) is 3.31. The number of hydrogen-bond acceptors (Lipinski definition) is 1. The summed E-state index contributed by atoms with van der Waals surface area (Å²) in [5.74, 6) is 0.926. The van der Waals surface area contributed by atoms with E-state index in [0.29, 0.717) is 13.0 Å². The van der Waals surface area contributed by atoms with Gasteiger partial charge < -0.3 is 10.2 Å². The third kappa shape index (κ3) is 6.89. The van der Waals surface area contributed by atoms with Crippen molar-refractivity contribution in [2.75, 3.05) is 32.9 Å². The number of hydrogen-bond donors (Lipinski definition) is 1. The van der Waals surface area contributed by atoms with Gasteiger partial charge in [0.15, 0.2) is 5.96 Å². The molecule has 0 radical (unpaired) electrons. The highest BCUT2D eigenvalue weighted by molar-refractivity contribution is 14.0. The van der Waals surface area contributed by atoms with Gasteiger partial charge in [0.1, 0.15) is 0 Å². The van der Waals surface area contributed by atoms with E-state index in [2.05, 4.69) is 52.5 Å². The number of halogens is 2. The Morgan fingerprint density at radius 1 is 1.26 bits per heavy atom. The minimum absolute atomic E-state index is 0. The molecule has 0 saturated carbocycles. The van der Waals surface area contributed by atoms with Crippen LogP contribution in [0.15, 0.2) is 40.9 Å². The lowest BCUT2D eigenvalue weighted by atomic mass is 10.0. The maximum Gasteiger partial charge on any atom is 0.193 e. The topological polar surface area (TPSA) is 27.6 Å². The highest BCUT2D eigenvalue weighted by Gasteiger charge is 2.16. The Labute approximate surface area is 156 Å². The third-order valence-electron chi connectivity index (χ3n) is 3.76. The van der Waals surface area contributed by atoms with E-state index < -0.39 is 0 Å². The fourth-order valence-electron chi connectivity index (χ4n) is 2.61. The molecule has 1 aromatic rings. The molecule has 1 fully saturated rings. The van der Waals surface area contributed by atoms with Crippen LogP contribution in [0, 0.1) is 0 Å². The van der Waals surface area contributed by atoms with Gasteiger partial charge in [-0.25, -0.2) is 0 Å². The molecular weight excluding hydrogens is 404 g/mol. The van der Waals surface area contributed by atoms with Crippen molar-refractivity contribution in [3.63, 3.8) is 0 Å². The van der Waals surface area contributed by atoms with Crippen molar-refractivity contribution in [1.82, 2.24) is 10.2 Å². The molecule has 0 aliphatic carbocycles. The summed E-state index contributed by atoms with van der Waals surface area (Å²) in [6.45, 7) is 5.11. The summed E-state index contributed by atoms with van der Waals surface area (Å²) in [7, 11) is 0. The smallest absolute Gasteiger partial charge is 0.193 e. The normalized spacial score (nSPS) is 15.1. The molecule has 1 aliphatic heterocycles. The highest BCUT2D eigenvalue weighted by atomic mass is 127. The van der Waals surface area contributed by atoms with Gasteiger partial charge in [0.05, 0.1) is 6.67 Å². The number of benzene rings is 1. The molecule has 1 aromatic carbocycles. The monoisotopic (exact) mass is 431 g/mol. The van der Waals surface area contributed by atoms with Crippen LogP contribution in [0.2, 0.25) is 0 Å². The van der Waals surface area contributed by atoms with E-state index in [1.165, 1.54) is 11.1 Å². The number of piperidine rings is 1. The van der Waals surface area contributed by atoms with E-state index in [4.69, 9.17) is 0 Å². The van der Waals surface area contributed by atoms with E-state index in [1.54, 1.807) is 0 Å². The summed E-state index contributed by atoms with van der Waals surface area (Å²) in [6.07, 6.45) is 4.91. The Morgan fingerprint density at radius 2 is 1.96 bits per heavy atom. The van der Waals surface area contributed by atoms with Crippen molar-refractivity contribution in [2.24, 2.45) is 4.99 Å². The van der Waals surface area contributed by atoms with Crippen LogP contribution < -0.4 is 5.32 Å². The van der Waals surface area contributed by atoms with Gasteiger partial charge >= 0.3 is 0 Å². The SMILES string of the molecule is CCNC(=NCCCF)N1CCC(=Cc2ccccc2)CC1.I. The largest absolute Gasteiger partial charge is 0.357 e. The lowest BCUT2D eigenvalue weighted by molar-refractivity contribution is 0.374. The van der Waals surface area contributed by atoms with Crippen LogP contribution in [-0.4, -0.2) is 43.7 Å². The van der Waals surface area contributed by atoms with Crippen LogP contribution in [0.25, 0.3) is 6.08 Å². The first-order chi connectivity index (χ1) is 10.8. The quantitative estimate of drug-likeness (QED) is 0.329. The van der Waals surface area contributed by atoms with Gasteiger partial charge in [0.2, 0.25) is 0 Å². The maximum absolute atomic E-state index is 12.2. The molecule has 2 rings (SSSR count). The van der Waals surface area contributed by atoms with Crippen molar-refractivity contribution in [1.29, 1.82) is 0 Å². The fourth-order valence-corrected chi connectivity index (χ4v) is 2.61. The molecule has 1 N–H and O–H groups in total. The Balaban J connectivity index is 0.00000264. The molecule has 1 heterocycles. The second-order valence-electron chi connectivity index (χ2n) is 5.48. The molecule has 0 spiro atoms. The molecule has 0 bridgehead atoms. The van der Waals surface area contributed by atoms with Gasteiger partial charge in [-0.1, -0.05) is 42.0 Å². The van der Waals surface area contributed by atoms with Crippen LogP contribution >= 0.6 is 24.0 Å². The number of alkyl halides is 1. The average Bonchev–Trinajstić information content (AvgIpc) is 2.56.